The minimum atomic E-state index is 0.935. The van der Waals surface area contributed by atoms with Crippen molar-refractivity contribution >= 4 is 55.9 Å². The molecule has 0 radical (unpaired) electrons. The van der Waals surface area contributed by atoms with Crippen LogP contribution in [0.15, 0.2) is 140 Å². The lowest BCUT2D eigenvalue weighted by Crippen LogP contribution is -2.12. The van der Waals surface area contributed by atoms with Gasteiger partial charge in [-0.2, -0.15) is 0 Å². The largest absolute Gasteiger partial charge is 0.341 e. The molecule has 0 aliphatic carbocycles. The van der Waals surface area contributed by atoms with Gasteiger partial charge in [0.15, 0.2) is 0 Å². The van der Waals surface area contributed by atoms with Crippen molar-refractivity contribution in [1.82, 2.24) is 4.57 Å². The summed E-state index contributed by atoms with van der Waals surface area (Å²) in [6, 6.07) is 50.9. The van der Waals surface area contributed by atoms with Gasteiger partial charge in [-0.15, -0.1) is 0 Å². The zero-order valence-electron chi connectivity index (χ0n) is 25.8. The molecule has 0 saturated heterocycles. The predicted octanol–water partition coefficient (Wildman–Crippen LogP) is 11.7. The molecule has 0 atom stereocenters. The molecule has 7 aromatic rings. The maximum atomic E-state index is 2.41. The monoisotopic (exact) mass is 571 g/mol. The van der Waals surface area contributed by atoms with Crippen LogP contribution in [-0.4, -0.2) is 4.57 Å². The zero-order chi connectivity index (χ0) is 30.2. The number of nitrogens with zero attached hydrogens (tertiary/aromatic N) is 3. The first kappa shape index (κ1) is 27.5. The molecule has 1 aromatic heterocycles. The molecule has 0 unspecified atom stereocenters. The second-order valence-electron chi connectivity index (χ2n) is 11.7. The third kappa shape index (κ3) is 5.01. The van der Waals surface area contributed by atoms with Crippen molar-refractivity contribution < 1.29 is 0 Å². The Morgan fingerprint density at radius 2 is 0.773 bits per heavy atom. The zero-order valence-corrected chi connectivity index (χ0v) is 25.8. The third-order valence-electron chi connectivity index (χ3n) is 8.57. The summed E-state index contributed by atoms with van der Waals surface area (Å²) < 4.78 is 2.41. The highest BCUT2D eigenvalue weighted by Gasteiger charge is 2.18. The van der Waals surface area contributed by atoms with Crippen LogP contribution in [0.4, 0.5) is 34.1 Å². The van der Waals surface area contributed by atoms with Crippen LogP contribution in [0.2, 0.25) is 0 Å². The van der Waals surface area contributed by atoms with Gasteiger partial charge >= 0.3 is 0 Å². The summed E-state index contributed by atoms with van der Waals surface area (Å²) >= 11 is 0. The number of hydrogen-bond donors (Lipinski definition) is 0. The van der Waals surface area contributed by atoms with Gasteiger partial charge in [0.25, 0.3) is 0 Å². The maximum Gasteiger partial charge on any atom is 0.0492 e. The highest BCUT2D eigenvalue weighted by Crippen LogP contribution is 2.41. The van der Waals surface area contributed by atoms with Crippen molar-refractivity contribution in [2.45, 2.75) is 34.2 Å². The highest BCUT2D eigenvalue weighted by atomic mass is 15.2. The molecule has 0 amide bonds. The maximum absolute atomic E-state index is 2.41. The Morgan fingerprint density at radius 1 is 0.409 bits per heavy atom. The van der Waals surface area contributed by atoms with E-state index in [0.29, 0.717) is 0 Å². The molecule has 44 heavy (non-hydrogen) atoms. The van der Waals surface area contributed by atoms with Crippen LogP contribution in [0.25, 0.3) is 21.8 Å². The molecule has 0 bridgehead atoms. The SMILES string of the molecule is CCn1c2ccccc2c2cc(N(c3ccc(C)cc3)c3ccc(N(c4ccc(C)cc4)c4ccc(C)cc4)cc3)ccc21. The lowest BCUT2D eigenvalue weighted by atomic mass is 10.1. The average molecular weight is 572 g/mol. The quantitative estimate of drug-likeness (QED) is 0.188. The number of anilines is 6. The second-order valence-corrected chi connectivity index (χ2v) is 11.7. The van der Waals surface area contributed by atoms with E-state index in [1.165, 1.54) is 38.5 Å². The fourth-order valence-corrected chi connectivity index (χ4v) is 6.25. The smallest absolute Gasteiger partial charge is 0.0492 e. The van der Waals surface area contributed by atoms with Crippen LogP contribution in [-0.2, 0) is 6.54 Å². The van der Waals surface area contributed by atoms with Gasteiger partial charge in [0.05, 0.1) is 0 Å². The Morgan fingerprint density at radius 3 is 1.23 bits per heavy atom. The molecule has 0 N–H and O–H groups in total. The van der Waals surface area contributed by atoms with Gasteiger partial charge in [0, 0.05) is 62.5 Å². The Kier molecular flexibility index (Phi) is 7.15. The van der Waals surface area contributed by atoms with E-state index >= 15 is 0 Å². The van der Waals surface area contributed by atoms with Crippen molar-refractivity contribution in [2.24, 2.45) is 0 Å². The number of aryl methyl sites for hydroxylation is 4. The summed E-state index contributed by atoms with van der Waals surface area (Å²) in [7, 11) is 0. The topological polar surface area (TPSA) is 11.4 Å². The van der Waals surface area contributed by atoms with Crippen molar-refractivity contribution in [3.63, 3.8) is 0 Å². The summed E-state index contributed by atoms with van der Waals surface area (Å²) in [6.45, 7) is 9.55. The van der Waals surface area contributed by atoms with Gasteiger partial charge in [-0.25, -0.2) is 0 Å². The van der Waals surface area contributed by atoms with Crippen molar-refractivity contribution in [3.05, 3.63) is 156 Å². The van der Waals surface area contributed by atoms with Crippen LogP contribution >= 0.6 is 0 Å². The van der Waals surface area contributed by atoms with Crippen LogP contribution in [0.1, 0.15) is 23.6 Å². The van der Waals surface area contributed by atoms with E-state index in [0.717, 1.165) is 40.7 Å². The average Bonchev–Trinajstić information content (AvgIpc) is 3.38. The molecule has 0 aliphatic rings. The van der Waals surface area contributed by atoms with Crippen LogP contribution in [0.3, 0.4) is 0 Å². The van der Waals surface area contributed by atoms with Crippen molar-refractivity contribution in [1.29, 1.82) is 0 Å². The number of aromatic nitrogens is 1. The second kappa shape index (κ2) is 11.4. The molecule has 0 aliphatic heterocycles. The number of fused-ring (bicyclic) bond motifs is 3. The first-order valence-electron chi connectivity index (χ1n) is 15.4. The van der Waals surface area contributed by atoms with Gasteiger partial charge in [-0.1, -0.05) is 71.3 Å². The van der Waals surface area contributed by atoms with E-state index < -0.39 is 0 Å². The van der Waals surface area contributed by atoms with E-state index in [1.807, 2.05) is 0 Å². The lowest BCUT2D eigenvalue weighted by Gasteiger charge is -2.28. The van der Waals surface area contributed by atoms with Gasteiger partial charge in [0.2, 0.25) is 0 Å². The number of para-hydroxylation sites is 1. The van der Waals surface area contributed by atoms with E-state index in [2.05, 4.69) is 182 Å². The summed E-state index contributed by atoms with van der Waals surface area (Å²) in [5.74, 6) is 0. The molecule has 6 aromatic carbocycles. The van der Waals surface area contributed by atoms with Crippen LogP contribution in [0.5, 0.6) is 0 Å². The van der Waals surface area contributed by atoms with Gasteiger partial charge in [-0.3, -0.25) is 0 Å². The van der Waals surface area contributed by atoms with Crippen LogP contribution in [0, 0.1) is 20.8 Å². The van der Waals surface area contributed by atoms with E-state index in [9.17, 15) is 0 Å². The molecule has 3 heteroatoms. The fourth-order valence-electron chi connectivity index (χ4n) is 6.25. The molecular formula is C41H37N3. The van der Waals surface area contributed by atoms with Crippen molar-refractivity contribution in [2.75, 3.05) is 9.80 Å². The summed E-state index contributed by atoms with van der Waals surface area (Å²) in [5, 5.41) is 2.57. The van der Waals surface area contributed by atoms with Gasteiger partial charge in [0.1, 0.15) is 0 Å². The lowest BCUT2D eigenvalue weighted by molar-refractivity contribution is 0.827. The third-order valence-corrected chi connectivity index (χ3v) is 8.57. The van der Waals surface area contributed by atoms with Gasteiger partial charge in [-0.05, 0) is 113 Å². The summed E-state index contributed by atoms with van der Waals surface area (Å²) in [6.07, 6.45) is 0. The van der Waals surface area contributed by atoms with E-state index in [1.54, 1.807) is 0 Å². The Hall–Kier alpha value is -5.28. The van der Waals surface area contributed by atoms with Gasteiger partial charge < -0.3 is 14.4 Å². The molecule has 0 fully saturated rings. The fraction of sp³-hybridized carbons (Fsp3) is 0.122. The minimum Gasteiger partial charge on any atom is -0.341 e. The molecule has 3 nitrogen and oxygen atoms in total. The predicted molar refractivity (Wildman–Crippen MR) is 189 cm³/mol. The molecule has 1 heterocycles. The molecule has 7 rings (SSSR count). The number of benzene rings is 6. The standard InChI is InChI=1S/C41H37N3/c1-5-42-40-9-7-6-8-38(40)39-28-37(26-27-41(39)42)44(34-20-14-31(4)15-21-34)36-24-22-35(23-25-36)43(32-16-10-29(2)11-17-32)33-18-12-30(3)13-19-33/h6-28H,5H2,1-4H3. The van der Waals surface area contributed by atoms with Crippen molar-refractivity contribution in [3.8, 4) is 0 Å². The normalized spacial score (nSPS) is 11.3. The Balaban J connectivity index is 1.35. The minimum absolute atomic E-state index is 0.935. The molecule has 0 spiro atoms. The summed E-state index contributed by atoms with van der Waals surface area (Å²) in [4.78, 5) is 4.69. The molecule has 216 valence electrons. The Bertz CT molecular complexity index is 2000. The number of hydrogen-bond acceptors (Lipinski definition) is 2. The van der Waals surface area contributed by atoms with E-state index in [4.69, 9.17) is 0 Å². The first-order chi connectivity index (χ1) is 21.5. The molecular weight excluding hydrogens is 534 g/mol. The highest BCUT2D eigenvalue weighted by molar-refractivity contribution is 6.09. The first-order valence-corrected chi connectivity index (χ1v) is 15.4. The Labute approximate surface area is 260 Å². The number of rotatable bonds is 7. The van der Waals surface area contributed by atoms with Crippen LogP contribution < -0.4 is 9.80 Å². The summed E-state index contributed by atoms with van der Waals surface area (Å²) in [5.41, 5.74) is 13.1. The van der Waals surface area contributed by atoms with E-state index in [-0.39, 0.29) is 0 Å². The molecule has 0 saturated carbocycles.